The van der Waals surface area contributed by atoms with Gasteiger partial charge in [-0.15, -0.1) is 0 Å². The molecule has 0 spiro atoms. The summed E-state index contributed by atoms with van der Waals surface area (Å²) >= 11 is 0. The zero-order chi connectivity index (χ0) is 16.8. The van der Waals surface area contributed by atoms with Crippen molar-refractivity contribution in [1.29, 1.82) is 0 Å². The van der Waals surface area contributed by atoms with Crippen molar-refractivity contribution in [2.75, 3.05) is 19.6 Å². The summed E-state index contributed by atoms with van der Waals surface area (Å²) in [4.78, 5) is 14.5. The van der Waals surface area contributed by atoms with E-state index in [9.17, 15) is 15.0 Å². The largest absolute Gasteiger partial charge is 0.508 e. The van der Waals surface area contributed by atoms with Crippen LogP contribution >= 0.6 is 0 Å². The summed E-state index contributed by atoms with van der Waals surface area (Å²) in [5.41, 5.74) is 0.688. The molecule has 0 aromatic heterocycles. The lowest BCUT2D eigenvalue weighted by atomic mass is 9.92. The molecular weight excluding hydrogens is 292 g/mol. The van der Waals surface area contributed by atoms with E-state index >= 15 is 0 Å². The topological polar surface area (TPSA) is 72.8 Å². The van der Waals surface area contributed by atoms with E-state index in [0.29, 0.717) is 23.9 Å². The van der Waals surface area contributed by atoms with E-state index in [0.717, 1.165) is 25.9 Å². The number of hydrogen-bond donors (Lipinski definition) is 3. The van der Waals surface area contributed by atoms with Crippen LogP contribution in [0.5, 0.6) is 5.75 Å². The Hall–Kier alpha value is -1.59. The molecule has 0 bridgehead atoms. The maximum absolute atomic E-state index is 12.0. The Balaban J connectivity index is 1.70. The number of aromatic hydroxyl groups is 1. The monoisotopic (exact) mass is 320 g/mol. The molecule has 0 saturated carbocycles. The SMILES string of the molecule is CC(C)N1CCC(CC(=O)NCC(O)c2ccc(O)cc2)CC1. The first-order valence-corrected chi connectivity index (χ1v) is 8.43. The van der Waals surface area contributed by atoms with E-state index in [1.165, 1.54) is 12.1 Å². The molecule has 3 N–H and O–H groups in total. The summed E-state index contributed by atoms with van der Waals surface area (Å²) in [6.07, 6.45) is 1.91. The maximum atomic E-state index is 12.0. The Bertz CT molecular complexity index is 493. The molecule has 1 aliphatic heterocycles. The molecule has 0 radical (unpaired) electrons. The highest BCUT2D eigenvalue weighted by molar-refractivity contribution is 5.76. The molecule has 1 amide bonds. The average Bonchev–Trinajstić information content (AvgIpc) is 2.54. The molecule has 5 nitrogen and oxygen atoms in total. The van der Waals surface area contributed by atoms with Gasteiger partial charge in [0.1, 0.15) is 5.75 Å². The van der Waals surface area contributed by atoms with Gasteiger partial charge in [0.05, 0.1) is 6.10 Å². The first-order valence-electron chi connectivity index (χ1n) is 8.43. The summed E-state index contributed by atoms with van der Waals surface area (Å²) in [5.74, 6) is 0.611. The number of piperidine rings is 1. The van der Waals surface area contributed by atoms with Crippen LogP contribution in [0, 0.1) is 5.92 Å². The molecule has 1 unspecified atom stereocenters. The highest BCUT2D eigenvalue weighted by atomic mass is 16.3. The molecule has 1 heterocycles. The molecule has 2 rings (SSSR count). The summed E-state index contributed by atoms with van der Waals surface area (Å²) in [7, 11) is 0. The number of hydrogen-bond acceptors (Lipinski definition) is 4. The summed E-state index contributed by atoms with van der Waals surface area (Å²) in [5, 5.41) is 22.1. The molecule has 23 heavy (non-hydrogen) atoms. The highest BCUT2D eigenvalue weighted by Gasteiger charge is 2.22. The Morgan fingerprint density at radius 2 is 1.87 bits per heavy atom. The smallest absolute Gasteiger partial charge is 0.220 e. The highest BCUT2D eigenvalue weighted by Crippen LogP contribution is 2.22. The predicted molar refractivity (Wildman–Crippen MR) is 90.1 cm³/mol. The van der Waals surface area contributed by atoms with E-state index in [-0.39, 0.29) is 18.2 Å². The van der Waals surface area contributed by atoms with Crippen molar-refractivity contribution in [3.8, 4) is 5.75 Å². The Labute approximate surface area is 138 Å². The second-order valence-electron chi connectivity index (χ2n) is 6.69. The first-order chi connectivity index (χ1) is 11.0. The van der Waals surface area contributed by atoms with Crippen molar-refractivity contribution >= 4 is 5.91 Å². The lowest BCUT2D eigenvalue weighted by Gasteiger charge is -2.34. The van der Waals surface area contributed by atoms with Gasteiger partial charge in [0.15, 0.2) is 0 Å². The third-order valence-electron chi connectivity index (χ3n) is 4.62. The van der Waals surface area contributed by atoms with Crippen LogP contribution in [0.1, 0.15) is 44.8 Å². The third kappa shape index (κ3) is 5.52. The minimum absolute atomic E-state index is 0.00539. The number of nitrogens with one attached hydrogen (secondary N) is 1. The maximum Gasteiger partial charge on any atom is 0.220 e. The van der Waals surface area contributed by atoms with Crippen LogP contribution in [0.15, 0.2) is 24.3 Å². The fourth-order valence-electron chi connectivity index (χ4n) is 3.03. The van der Waals surface area contributed by atoms with Gasteiger partial charge in [0, 0.05) is 19.0 Å². The van der Waals surface area contributed by atoms with E-state index in [4.69, 9.17) is 0 Å². The zero-order valence-electron chi connectivity index (χ0n) is 14.0. The van der Waals surface area contributed by atoms with Crippen molar-refractivity contribution in [3.05, 3.63) is 29.8 Å². The quantitative estimate of drug-likeness (QED) is 0.750. The molecular formula is C18H28N2O3. The number of nitrogens with zero attached hydrogens (tertiary/aromatic N) is 1. The van der Waals surface area contributed by atoms with Crippen LogP contribution in [0.25, 0.3) is 0 Å². The van der Waals surface area contributed by atoms with Gasteiger partial charge in [0.2, 0.25) is 5.91 Å². The Morgan fingerprint density at radius 1 is 1.26 bits per heavy atom. The summed E-state index contributed by atoms with van der Waals surface area (Å²) in [6.45, 7) is 6.74. The number of rotatable bonds is 6. The van der Waals surface area contributed by atoms with Crippen molar-refractivity contribution < 1.29 is 15.0 Å². The molecule has 1 saturated heterocycles. The molecule has 5 heteroatoms. The Kier molecular flexibility index (Phi) is 6.42. The van der Waals surface area contributed by atoms with Gasteiger partial charge in [-0.05, 0) is 63.4 Å². The fourth-order valence-corrected chi connectivity index (χ4v) is 3.03. The lowest BCUT2D eigenvalue weighted by molar-refractivity contribution is -0.122. The first kappa shape index (κ1) is 17.8. The standard InChI is InChI=1S/C18H28N2O3/c1-13(2)20-9-7-14(8-10-20)11-18(23)19-12-17(22)15-3-5-16(21)6-4-15/h3-6,13-14,17,21-22H,7-12H2,1-2H3,(H,19,23). The molecule has 1 aliphatic rings. The van der Waals surface area contributed by atoms with Crippen molar-refractivity contribution in [3.63, 3.8) is 0 Å². The summed E-state index contributed by atoms with van der Waals surface area (Å²) in [6, 6.07) is 6.96. The minimum Gasteiger partial charge on any atom is -0.508 e. The van der Waals surface area contributed by atoms with E-state index < -0.39 is 6.10 Å². The van der Waals surface area contributed by atoms with Crippen molar-refractivity contribution in [2.24, 2.45) is 5.92 Å². The van der Waals surface area contributed by atoms with Gasteiger partial charge >= 0.3 is 0 Å². The predicted octanol–water partition coefficient (Wildman–Crippen LogP) is 2.05. The number of likely N-dealkylation sites (tertiary alicyclic amines) is 1. The van der Waals surface area contributed by atoms with E-state index in [1.807, 2.05) is 0 Å². The van der Waals surface area contributed by atoms with Gasteiger partial charge in [0.25, 0.3) is 0 Å². The van der Waals surface area contributed by atoms with Gasteiger partial charge in [-0.2, -0.15) is 0 Å². The lowest BCUT2D eigenvalue weighted by Crippen LogP contribution is -2.40. The average molecular weight is 320 g/mol. The number of aliphatic hydroxyl groups excluding tert-OH is 1. The normalized spacial score (nSPS) is 18.1. The molecule has 1 fully saturated rings. The number of carbonyl (C=O) groups is 1. The zero-order valence-corrected chi connectivity index (χ0v) is 14.0. The number of aliphatic hydroxyl groups is 1. The van der Waals surface area contributed by atoms with E-state index in [1.54, 1.807) is 12.1 Å². The van der Waals surface area contributed by atoms with Crippen LogP contribution in [0.3, 0.4) is 0 Å². The second-order valence-corrected chi connectivity index (χ2v) is 6.69. The number of carbonyl (C=O) groups excluding carboxylic acids is 1. The molecule has 0 aliphatic carbocycles. The van der Waals surface area contributed by atoms with Gasteiger partial charge in [-0.3, -0.25) is 4.79 Å². The fraction of sp³-hybridized carbons (Fsp3) is 0.611. The van der Waals surface area contributed by atoms with Gasteiger partial charge in [-0.25, -0.2) is 0 Å². The van der Waals surface area contributed by atoms with E-state index in [2.05, 4.69) is 24.1 Å². The molecule has 1 aromatic carbocycles. The van der Waals surface area contributed by atoms with Crippen LogP contribution in [-0.4, -0.2) is 46.7 Å². The number of phenolic OH excluding ortho intramolecular Hbond substituents is 1. The van der Waals surface area contributed by atoms with Gasteiger partial charge in [-0.1, -0.05) is 12.1 Å². The second kappa shape index (κ2) is 8.31. The van der Waals surface area contributed by atoms with Gasteiger partial charge < -0.3 is 20.4 Å². The third-order valence-corrected chi connectivity index (χ3v) is 4.62. The molecule has 1 atom stereocenters. The van der Waals surface area contributed by atoms with Crippen molar-refractivity contribution in [1.82, 2.24) is 10.2 Å². The number of phenols is 1. The minimum atomic E-state index is -0.748. The van der Waals surface area contributed by atoms with Crippen LogP contribution in [0.4, 0.5) is 0 Å². The summed E-state index contributed by atoms with van der Waals surface area (Å²) < 4.78 is 0. The van der Waals surface area contributed by atoms with Crippen LogP contribution < -0.4 is 5.32 Å². The van der Waals surface area contributed by atoms with Crippen molar-refractivity contribution in [2.45, 2.75) is 45.3 Å². The Morgan fingerprint density at radius 3 is 2.43 bits per heavy atom. The molecule has 1 aromatic rings. The number of amides is 1. The number of benzene rings is 1. The molecule has 128 valence electrons. The van der Waals surface area contributed by atoms with Crippen LogP contribution in [0.2, 0.25) is 0 Å². The van der Waals surface area contributed by atoms with Crippen LogP contribution in [-0.2, 0) is 4.79 Å².